The second kappa shape index (κ2) is 7.43. The summed E-state index contributed by atoms with van der Waals surface area (Å²) in [5.74, 6) is 0. The molecule has 0 radical (unpaired) electrons. The largest absolute Gasteiger partial charge is 0.392 e. The van der Waals surface area contributed by atoms with Crippen LogP contribution in [0.2, 0.25) is 0 Å². The van der Waals surface area contributed by atoms with Gasteiger partial charge in [-0.25, -0.2) is 0 Å². The standard InChI is InChI=1S/C14H23NO2/c1-3-5-13(15-4-2)14(17)12-8-6-11(10-16)7-9-12/h6-9,13-17H,3-5,10H2,1-2H3. The molecule has 0 aliphatic rings. The van der Waals surface area contributed by atoms with Crippen LogP contribution in [0.25, 0.3) is 0 Å². The number of hydrogen-bond donors (Lipinski definition) is 3. The summed E-state index contributed by atoms with van der Waals surface area (Å²) in [6.45, 7) is 5.06. The van der Waals surface area contributed by atoms with Crippen molar-refractivity contribution >= 4 is 0 Å². The van der Waals surface area contributed by atoms with Gasteiger partial charge in [0.25, 0.3) is 0 Å². The summed E-state index contributed by atoms with van der Waals surface area (Å²) >= 11 is 0. The van der Waals surface area contributed by atoms with Gasteiger partial charge in [0.05, 0.1) is 12.7 Å². The van der Waals surface area contributed by atoms with E-state index in [1.165, 1.54) is 0 Å². The first-order chi connectivity index (χ1) is 8.22. The molecule has 3 N–H and O–H groups in total. The van der Waals surface area contributed by atoms with Crippen molar-refractivity contribution in [1.29, 1.82) is 0 Å². The average Bonchev–Trinajstić information content (AvgIpc) is 2.38. The summed E-state index contributed by atoms with van der Waals surface area (Å²) in [5, 5.41) is 22.6. The fourth-order valence-electron chi connectivity index (χ4n) is 2.00. The zero-order valence-corrected chi connectivity index (χ0v) is 10.7. The predicted octanol–water partition coefficient (Wildman–Crippen LogP) is 1.99. The van der Waals surface area contributed by atoms with Crippen LogP contribution in [0.15, 0.2) is 24.3 Å². The SMILES string of the molecule is CCCC(NCC)C(O)c1ccc(CO)cc1. The lowest BCUT2D eigenvalue weighted by Crippen LogP contribution is -2.34. The van der Waals surface area contributed by atoms with Crippen LogP contribution in [-0.2, 0) is 6.61 Å². The molecule has 2 atom stereocenters. The second-order valence-electron chi connectivity index (χ2n) is 4.30. The summed E-state index contributed by atoms with van der Waals surface area (Å²) in [6.07, 6.45) is 1.52. The monoisotopic (exact) mass is 237 g/mol. The molecular weight excluding hydrogens is 214 g/mol. The second-order valence-corrected chi connectivity index (χ2v) is 4.30. The van der Waals surface area contributed by atoms with E-state index in [1.54, 1.807) is 0 Å². The first-order valence-electron chi connectivity index (χ1n) is 6.34. The minimum Gasteiger partial charge on any atom is -0.392 e. The lowest BCUT2D eigenvalue weighted by Gasteiger charge is -2.23. The van der Waals surface area contributed by atoms with Gasteiger partial charge in [-0.15, -0.1) is 0 Å². The van der Waals surface area contributed by atoms with Crippen LogP contribution in [0.5, 0.6) is 0 Å². The number of aliphatic hydroxyl groups excluding tert-OH is 2. The smallest absolute Gasteiger partial charge is 0.0942 e. The van der Waals surface area contributed by atoms with Gasteiger partial charge in [0, 0.05) is 6.04 Å². The van der Waals surface area contributed by atoms with Crippen LogP contribution >= 0.6 is 0 Å². The van der Waals surface area contributed by atoms with Gasteiger partial charge in [0.2, 0.25) is 0 Å². The van der Waals surface area contributed by atoms with Crippen molar-refractivity contribution in [3.63, 3.8) is 0 Å². The number of benzene rings is 1. The topological polar surface area (TPSA) is 52.5 Å². The highest BCUT2D eigenvalue weighted by Crippen LogP contribution is 2.20. The van der Waals surface area contributed by atoms with Crippen LogP contribution in [0.3, 0.4) is 0 Å². The molecule has 0 aliphatic heterocycles. The Kier molecular flexibility index (Phi) is 6.19. The lowest BCUT2D eigenvalue weighted by atomic mass is 9.98. The molecule has 1 aromatic carbocycles. The van der Waals surface area contributed by atoms with Crippen molar-refractivity contribution < 1.29 is 10.2 Å². The van der Waals surface area contributed by atoms with Crippen molar-refractivity contribution in [2.45, 2.75) is 45.4 Å². The molecule has 1 aromatic rings. The Bertz CT molecular complexity index is 305. The maximum absolute atomic E-state index is 10.3. The Balaban J connectivity index is 2.73. The van der Waals surface area contributed by atoms with E-state index in [0.29, 0.717) is 0 Å². The summed E-state index contributed by atoms with van der Waals surface area (Å²) in [4.78, 5) is 0. The molecule has 0 amide bonds. The van der Waals surface area contributed by atoms with Crippen molar-refractivity contribution in [2.24, 2.45) is 0 Å². The van der Waals surface area contributed by atoms with Crippen molar-refractivity contribution in [3.8, 4) is 0 Å². The van der Waals surface area contributed by atoms with E-state index < -0.39 is 6.10 Å². The summed E-state index contributed by atoms with van der Waals surface area (Å²) < 4.78 is 0. The quantitative estimate of drug-likeness (QED) is 0.680. The molecule has 0 fully saturated rings. The molecule has 0 saturated heterocycles. The fraction of sp³-hybridized carbons (Fsp3) is 0.571. The average molecular weight is 237 g/mol. The molecule has 0 aliphatic carbocycles. The van der Waals surface area contributed by atoms with E-state index in [9.17, 15) is 5.11 Å². The number of likely N-dealkylation sites (N-methyl/N-ethyl adjacent to an activating group) is 1. The Labute approximate surface area is 103 Å². The molecule has 3 nitrogen and oxygen atoms in total. The number of aliphatic hydroxyl groups is 2. The Morgan fingerprint density at radius 3 is 2.29 bits per heavy atom. The molecule has 17 heavy (non-hydrogen) atoms. The number of hydrogen-bond acceptors (Lipinski definition) is 3. The highest BCUT2D eigenvalue weighted by Gasteiger charge is 2.18. The molecule has 0 heterocycles. The Morgan fingerprint density at radius 2 is 1.82 bits per heavy atom. The third-order valence-electron chi connectivity index (χ3n) is 2.95. The van der Waals surface area contributed by atoms with E-state index in [-0.39, 0.29) is 12.6 Å². The van der Waals surface area contributed by atoms with Gasteiger partial charge in [-0.1, -0.05) is 44.5 Å². The highest BCUT2D eigenvalue weighted by molar-refractivity contribution is 5.24. The molecule has 0 aromatic heterocycles. The maximum atomic E-state index is 10.3. The Morgan fingerprint density at radius 1 is 1.18 bits per heavy atom. The molecule has 0 spiro atoms. The normalized spacial score (nSPS) is 14.6. The van der Waals surface area contributed by atoms with Gasteiger partial charge in [-0.3, -0.25) is 0 Å². The van der Waals surface area contributed by atoms with Gasteiger partial charge in [-0.2, -0.15) is 0 Å². The lowest BCUT2D eigenvalue weighted by molar-refractivity contribution is 0.124. The third kappa shape index (κ3) is 4.11. The zero-order valence-electron chi connectivity index (χ0n) is 10.7. The van der Waals surface area contributed by atoms with Gasteiger partial charge in [-0.05, 0) is 24.1 Å². The van der Waals surface area contributed by atoms with Gasteiger partial charge >= 0.3 is 0 Å². The molecule has 3 heteroatoms. The molecule has 2 unspecified atom stereocenters. The summed E-state index contributed by atoms with van der Waals surface area (Å²) in [5.41, 5.74) is 1.78. The van der Waals surface area contributed by atoms with E-state index in [1.807, 2.05) is 31.2 Å². The van der Waals surface area contributed by atoms with E-state index in [0.717, 1.165) is 30.5 Å². The molecule has 1 rings (SSSR count). The third-order valence-corrected chi connectivity index (χ3v) is 2.95. The van der Waals surface area contributed by atoms with Gasteiger partial charge in [0.1, 0.15) is 0 Å². The van der Waals surface area contributed by atoms with Gasteiger partial charge < -0.3 is 15.5 Å². The summed E-state index contributed by atoms with van der Waals surface area (Å²) in [6, 6.07) is 7.58. The van der Waals surface area contributed by atoms with Crippen molar-refractivity contribution in [1.82, 2.24) is 5.32 Å². The van der Waals surface area contributed by atoms with Crippen LogP contribution in [0.4, 0.5) is 0 Å². The first kappa shape index (κ1) is 14.2. The summed E-state index contributed by atoms with van der Waals surface area (Å²) in [7, 11) is 0. The van der Waals surface area contributed by atoms with Crippen LogP contribution in [0, 0.1) is 0 Å². The van der Waals surface area contributed by atoms with E-state index in [2.05, 4.69) is 12.2 Å². The molecule has 0 saturated carbocycles. The van der Waals surface area contributed by atoms with Crippen LogP contribution < -0.4 is 5.32 Å². The number of nitrogens with one attached hydrogen (secondary N) is 1. The van der Waals surface area contributed by atoms with E-state index in [4.69, 9.17) is 5.11 Å². The highest BCUT2D eigenvalue weighted by atomic mass is 16.3. The molecule has 96 valence electrons. The molecular formula is C14H23NO2. The van der Waals surface area contributed by atoms with Crippen LogP contribution in [0.1, 0.15) is 43.9 Å². The fourth-order valence-corrected chi connectivity index (χ4v) is 2.00. The van der Waals surface area contributed by atoms with Gasteiger partial charge in [0.15, 0.2) is 0 Å². The molecule has 0 bridgehead atoms. The van der Waals surface area contributed by atoms with Crippen molar-refractivity contribution in [3.05, 3.63) is 35.4 Å². The van der Waals surface area contributed by atoms with E-state index >= 15 is 0 Å². The zero-order chi connectivity index (χ0) is 12.7. The predicted molar refractivity (Wildman–Crippen MR) is 69.7 cm³/mol. The Hall–Kier alpha value is -0.900. The number of rotatable bonds is 7. The first-order valence-corrected chi connectivity index (χ1v) is 6.34. The van der Waals surface area contributed by atoms with Crippen molar-refractivity contribution in [2.75, 3.05) is 6.54 Å². The minimum absolute atomic E-state index is 0.0436. The minimum atomic E-state index is -0.484. The van der Waals surface area contributed by atoms with Crippen LogP contribution in [-0.4, -0.2) is 22.8 Å². The maximum Gasteiger partial charge on any atom is 0.0942 e.